The van der Waals surface area contributed by atoms with Crippen molar-refractivity contribution in [1.29, 1.82) is 0 Å². The summed E-state index contributed by atoms with van der Waals surface area (Å²) < 4.78 is 5.51. The normalized spacial score (nSPS) is 20.9. The summed E-state index contributed by atoms with van der Waals surface area (Å²) in [5.41, 5.74) is 0. The Bertz CT molecular complexity index is 396. The molecule has 1 aliphatic rings. The lowest BCUT2D eigenvalue weighted by Crippen LogP contribution is -2.21. The lowest BCUT2D eigenvalue weighted by atomic mass is 10.1. The van der Waals surface area contributed by atoms with Crippen molar-refractivity contribution in [2.45, 2.75) is 83.3 Å². The fraction of sp³-hybridized carbons (Fsp3) is 0.650. The molecule has 1 fully saturated rings. The highest BCUT2D eigenvalue weighted by atomic mass is 16.6. The summed E-state index contributed by atoms with van der Waals surface area (Å²) in [6.07, 6.45) is 23.5. The average Bonchev–Trinajstić information content (AvgIpc) is 3.26. The Hall–Kier alpha value is -1.35. The average molecular weight is 319 g/mol. The first-order valence-electron chi connectivity index (χ1n) is 9.04. The quantitative estimate of drug-likeness (QED) is 0.275. The van der Waals surface area contributed by atoms with Gasteiger partial charge >= 0.3 is 0 Å². The van der Waals surface area contributed by atoms with E-state index in [0.717, 1.165) is 25.7 Å². The van der Waals surface area contributed by atoms with E-state index in [1.54, 1.807) is 0 Å². The SMILES string of the molecule is CCCCC/C=C\C/C=C\C/C=C\CC1OC1CCCC(=O)[O-]. The Labute approximate surface area is 141 Å². The number of carboxylic acids is 1. The van der Waals surface area contributed by atoms with Crippen molar-refractivity contribution in [3.63, 3.8) is 0 Å². The van der Waals surface area contributed by atoms with Crippen LogP contribution in [0.2, 0.25) is 0 Å². The molecule has 1 saturated heterocycles. The topological polar surface area (TPSA) is 52.7 Å². The van der Waals surface area contributed by atoms with Crippen molar-refractivity contribution in [3.8, 4) is 0 Å². The standard InChI is InChI=1S/C20H32O3/c1-2-3-4-5-6-7-8-9-10-11-12-13-15-18-19(23-18)16-14-17-20(21)22/h6-7,9-10,12-13,18-19H,2-5,8,11,14-17H2,1H3,(H,21,22)/p-1/b7-6-,10-9-,13-12-. The highest BCUT2D eigenvalue weighted by Gasteiger charge is 2.36. The number of carbonyl (C=O) groups is 1. The summed E-state index contributed by atoms with van der Waals surface area (Å²) in [7, 11) is 0. The third-order valence-electron chi connectivity index (χ3n) is 3.94. The summed E-state index contributed by atoms with van der Waals surface area (Å²) in [5, 5.41) is 10.3. The van der Waals surface area contributed by atoms with Gasteiger partial charge in [0.15, 0.2) is 0 Å². The molecule has 0 radical (unpaired) electrons. The van der Waals surface area contributed by atoms with Crippen LogP contribution >= 0.6 is 0 Å². The number of aliphatic carboxylic acids is 1. The number of unbranched alkanes of at least 4 members (excludes halogenated alkanes) is 3. The van der Waals surface area contributed by atoms with Crippen LogP contribution in [0.5, 0.6) is 0 Å². The third kappa shape index (κ3) is 11.8. The molecular weight excluding hydrogens is 288 g/mol. The lowest BCUT2D eigenvalue weighted by molar-refractivity contribution is -0.305. The number of carbonyl (C=O) groups excluding carboxylic acids is 1. The van der Waals surface area contributed by atoms with E-state index < -0.39 is 5.97 Å². The van der Waals surface area contributed by atoms with Gasteiger partial charge in [0.2, 0.25) is 0 Å². The van der Waals surface area contributed by atoms with E-state index in [1.165, 1.54) is 25.7 Å². The van der Waals surface area contributed by atoms with E-state index in [9.17, 15) is 9.90 Å². The van der Waals surface area contributed by atoms with Gasteiger partial charge in [0, 0.05) is 5.97 Å². The molecule has 23 heavy (non-hydrogen) atoms. The predicted octanol–water partition coefficient (Wildman–Crippen LogP) is 4.09. The van der Waals surface area contributed by atoms with Crippen LogP contribution in [0, 0.1) is 0 Å². The van der Waals surface area contributed by atoms with E-state index in [2.05, 4.69) is 43.4 Å². The number of hydrogen-bond donors (Lipinski definition) is 0. The van der Waals surface area contributed by atoms with Crippen LogP contribution in [0.15, 0.2) is 36.5 Å². The van der Waals surface area contributed by atoms with Crippen LogP contribution in [-0.2, 0) is 9.53 Å². The largest absolute Gasteiger partial charge is 0.550 e. The maximum Gasteiger partial charge on any atom is 0.0876 e. The maximum atomic E-state index is 10.3. The first kappa shape index (κ1) is 19.7. The molecule has 0 spiro atoms. The predicted molar refractivity (Wildman–Crippen MR) is 92.9 cm³/mol. The van der Waals surface area contributed by atoms with E-state index in [-0.39, 0.29) is 12.5 Å². The monoisotopic (exact) mass is 319 g/mol. The number of rotatable bonds is 14. The van der Waals surface area contributed by atoms with Crippen LogP contribution in [0.3, 0.4) is 0 Å². The first-order chi connectivity index (χ1) is 11.2. The Morgan fingerprint density at radius 3 is 2.35 bits per heavy atom. The minimum absolute atomic E-state index is 0.139. The summed E-state index contributed by atoms with van der Waals surface area (Å²) >= 11 is 0. The molecule has 2 atom stereocenters. The second-order valence-electron chi connectivity index (χ2n) is 6.09. The second-order valence-corrected chi connectivity index (χ2v) is 6.09. The molecule has 0 aliphatic carbocycles. The number of allylic oxidation sites excluding steroid dienone is 5. The molecule has 1 heterocycles. The molecule has 1 rings (SSSR count). The fourth-order valence-corrected chi connectivity index (χ4v) is 2.49. The highest BCUT2D eigenvalue weighted by Crippen LogP contribution is 2.30. The van der Waals surface area contributed by atoms with Crippen LogP contribution in [0.25, 0.3) is 0 Å². The Balaban J connectivity index is 1.91. The van der Waals surface area contributed by atoms with E-state index in [4.69, 9.17) is 4.74 Å². The lowest BCUT2D eigenvalue weighted by Gasteiger charge is -1.98. The molecule has 0 bridgehead atoms. The van der Waals surface area contributed by atoms with Crippen molar-refractivity contribution >= 4 is 5.97 Å². The fourth-order valence-electron chi connectivity index (χ4n) is 2.49. The molecule has 0 saturated carbocycles. The van der Waals surface area contributed by atoms with E-state index in [1.807, 2.05) is 0 Å². The molecule has 2 unspecified atom stereocenters. The van der Waals surface area contributed by atoms with Gasteiger partial charge in [-0.15, -0.1) is 0 Å². The Morgan fingerprint density at radius 1 is 0.957 bits per heavy atom. The molecule has 0 N–H and O–H groups in total. The van der Waals surface area contributed by atoms with Gasteiger partial charge in [-0.1, -0.05) is 56.2 Å². The highest BCUT2D eigenvalue weighted by molar-refractivity contribution is 5.64. The van der Waals surface area contributed by atoms with Gasteiger partial charge in [0.25, 0.3) is 0 Å². The maximum absolute atomic E-state index is 10.3. The van der Waals surface area contributed by atoms with Crippen molar-refractivity contribution in [1.82, 2.24) is 0 Å². The third-order valence-corrected chi connectivity index (χ3v) is 3.94. The molecule has 0 aromatic heterocycles. The van der Waals surface area contributed by atoms with Crippen LogP contribution in [0.1, 0.15) is 71.1 Å². The summed E-state index contributed by atoms with van der Waals surface area (Å²) in [5.74, 6) is -0.968. The summed E-state index contributed by atoms with van der Waals surface area (Å²) in [6.45, 7) is 2.23. The molecule has 1 aliphatic heterocycles. The zero-order chi connectivity index (χ0) is 16.8. The molecule has 3 nitrogen and oxygen atoms in total. The van der Waals surface area contributed by atoms with Gasteiger partial charge < -0.3 is 14.6 Å². The zero-order valence-electron chi connectivity index (χ0n) is 14.4. The van der Waals surface area contributed by atoms with Crippen molar-refractivity contribution < 1.29 is 14.6 Å². The van der Waals surface area contributed by atoms with E-state index in [0.29, 0.717) is 12.5 Å². The van der Waals surface area contributed by atoms with Gasteiger partial charge in [-0.25, -0.2) is 0 Å². The molecule has 3 heteroatoms. The Kier molecular flexibility index (Phi) is 11.2. The van der Waals surface area contributed by atoms with Crippen molar-refractivity contribution in [3.05, 3.63) is 36.5 Å². The van der Waals surface area contributed by atoms with Gasteiger partial charge in [-0.3, -0.25) is 0 Å². The van der Waals surface area contributed by atoms with E-state index >= 15 is 0 Å². The zero-order valence-corrected chi connectivity index (χ0v) is 14.4. The minimum atomic E-state index is -0.968. The number of carboxylic acid groups (broad SMARTS) is 1. The van der Waals surface area contributed by atoms with Crippen molar-refractivity contribution in [2.24, 2.45) is 0 Å². The molecule has 130 valence electrons. The molecule has 0 amide bonds. The van der Waals surface area contributed by atoms with Crippen LogP contribution in [-0.4, -0.2) is 18.2 Å². The number of hydrogen-bond acceptors (Lipinski definition) is 3. The second kappa shape index (κ2) is 13.1. The number of ether oxygens (including phenoxy) is 1. The summed E-state index contributed by atoms with van der Waals surface area (Å²) in [4.78, 5) is 10.3. The molecule has 0 aromatic carbocycles. The smallest absolute Gasteiger partial charge is 0.0876 e. The Morgan fingerprint density at radius 2 is 1.65 bits per heavy atom. The van der Waals surface area contributed by atoms with Crippen molar-refractivity contribution in [2.75, 3.05) is 0 Å². The van der Waals surface area contributed by atoms with Gasteiger partial charge in [-0.05, 0) is 51.4 Å². The molecular formula is C20H31O3-. The molecule has 0 aromatic rings. The summed E-state index contributed by atoms with van der Waals surface area (Å²) in [6, 6.07) is 0. The van der Waals surface area contributed by atoms with Crippen LogP contribution < -0.4 is 5.11 Å². The van der Waals surface area contributed by atoms with Gasteiger partial charge in [0.05, 0.1) is 12.2 Å². The van der Waals surface area contributed by atoms with Gasteiger partial charge in [0.1, 0.15) is 0 Å². The number of epoxide rings is 1. The minimum Gasteiger partial charge on any atom is -0.550 e. The van der Waals surface area contributed by atoms with Crippen LogP contribution in [0.4, 0.5) is 0 Å². The first-order valence-corrected chi connectivity index (χ1v) is 9.04. The van der Waals surface area contributed by atoms with Gasteiger partial charge in [-0.2, -0.15) is 0 Å².